The molecular formula is C27H19Cl2N3O5. The third kappa shape index (κ3) is 2.94. The molecule has 0 spiro atoms. The molecule has 3 aromatic rings. The highest BCUT2D eigenvalue weighted by Gasteiger charge is 2.73. The number of alkyl halides is 2. The number of nitro groups is 1. The standard InChI is InChI=1S/C27H19Cl2N3O5/c1-14(23(33)30-15-10-12-16(13-11-15)32(36)37)31-24(34)21-22(25(31)35)27(29)18-7-3-2-6-17(18)26(21,28)19-8-4-5-9-20(19)27/h2-14,21-22H,1H3,(H,30,33)/t14-,21-,22-,26?,27?/m1/s1. The molecule has 1 N–H and O–H groups in total. The van der Waals surface area contributed by atoms with Crippen LogP contribution in [-0.4, -0.2) is 33.6 Å². The van der Waals surface area contributed by atoms with Crippen molar-refractivity contribution in [2.45, 2.75) is 22.7 Å². The monoisotopic (exact) mass is 535 g/mol. The van der Waals surface area contributed by atoms with Crippen LogP contribution in [0.4, 0.5) is 11.4 Å². The molecule has 186 valence electrons. The molecular weight excluding hydrogens is 517 g/mol. The minimum absolute atomic E-state index is 0.130. The lowest BCUT2D eigenvalue weighted by atomic mass is 9.54. The van der Waals surface area contributed by atoms with E-state index < -0.39 is 50.3 Å². The number of rotatable bonds is 4. The Bertz CT molecular complexity index is 1400. The third-order valence-electron chi connectivity index (χ3n) is 7.73. The van der Waals surface area contributed by atoms with E-state index in [0.717, 1.165) is 4.90 Å². The number of benzene rings is 3. The fraction of sp³-hybridized carbons (Fsp3) is 0.222. The average molecular weight is 536 g/mol. The number of hydrogen-bond acceptors (Lipinski definition) is 5. The van der Waals surface area contributed by atoms with Gasteiger partial charge in [0.2, 0.25) is 17.7 Å². The summed E-state index contributed by atoms with van der Waals surface area (Å²) in [6.45, 7) is 1.46. The number of non-ortho nitro benzene ring substituents is 1. The molecule has 0 aromatic heterocycles. The maximum absolute atomic E-state index is 13.9. The van der Waals surface area contributed by atoms with Crippen molar-refractivity contribution in [1.82, 2.24) is 4.90 Å². The summed E-state index contributed by atoms with van der Waals surface area (Å²) >= 11 is 14.8. The number of carbonyl (C=O) groups is 3. The molecule has 8 nitrogen and oxygen atoms in total. The van der Waals surface area contributed by atoms with Gasteiger partial charge in [-0.2, -0.15) is 0 Å². The number of carbonyl (C=O) groups excluding carboxylic acids is 3. The van der Waals surface area contributed by atoms with Crippen LogP contribution in [0.5, 0.6) is 0 Å². The Morgan fingerprint density at radius 1 is 0.865 bits per heavy atom. The zero-order valence-electron chi connectivity index (χ0n) is 19.4. The van der Waals surface area contributed by atoms with E-state index in [2.05, 4.69) is 5.32 Å². The number of halogens is 2. The first kappa shape index (κ1) is 23.6. The Morgan fingerprint density at radius 3 is 1.65 bits per heavy atom. The van der Waals surface area contributed by atoms with Gasteiger partial charge in [-0.1, -0.05) is 48.5 Å². The summed E-state index contributed by atoms with van der Waals surface area (Å²) in [5, 5.41) is 13.5. The van der Waals surface area contributed by atoms with Crippen molar-refractivity contribution in [3.8, 4) is 0 Å². The number of imide groups is 1. The number of nitro benzene ring substituents is 1. The SMILES string of the molecule is C[C@H](C(=O)Nc1ccc([N+](=O)[O-])cc1)N1C(=O)[C@H]2[C@H](C1=O)C1(Cl)c3ccccc3C2(Cl)c2ccccc21. The van der Waals surface area contributed by atoms with E-state index >= 15 is 0 Å². The van der Waals surface area contributed by atoms with E-state index in [1.165, 1.54) is 31.2 Å². The highest BCUT2D eigenvalue weighted by atomic mass is 35.5. The van der Waals surface area contributed by atoms with Crippen molar-refractivity contribution in [3.05, 3.63) is 105 Å². The summed E-state index contributed by atoms with van der Waals surface area (Å²) < 4.78 is 0. The maximum atomic E-state index is 13.9. The van der Waals surface area contributed by atoms with Crippen LogP contribution < -0.4 is 5.32 Å². The molecule has 1 heterocycles. The van der Waals surface area contributed by atoms with Crippen LogP contribution in [0.15, 0.2) is 72.8 Å². The van der Waals surface area contributed by atoms with E-state index in [0.29, 0.717) is 27.9 Å². The number of amides is 3. The van der Waals surface area contributed by atoms with Crippen molar-refractivity contribution in [1.29, 1.82) is 0 Å². The van der Waals surface area contributed by atoms with Crippen molar-refractivity contribution < 1.29 is 19.3 Å². The Labute approximate surface area is 221 Å². The molecule has 3 amide bonds. The van der Waals surface area contributed by atoms with Crippen LogP contribution in [0, 0.1) is 22.0 Å². The Balaban J connectivity index is 1.40. The summed E-state index contributed by atoms with van der Waals surface area (Å²) in [5.41, 5.74) is 2.88. The number of hydrogen-bond donors (Lipinski definition) is 1. The lowest BCUT2D eigenvalue weighted by Crippen LogP contribution is -2.57. The first-order valence-corrected chi connectivity index (χ1v) is 12.4. The smallest absolute Gasteiger partial charge is 0.269 e. The van der Waals surface area contributed by atoms with Gasteiger partial charge in [0.1, 0.15) is 15.8 Å². The van der Waals surface area contributed by atoms with Gasteiger partial charge in [0, 0.05) is 17.8 Å². The van der Waals surface area contributed by atoms with Crippen LogP contribution >= 0.6 is 23.2 Å². The molecule has 0 unspecified atom stereocenters. The second-order valence-corrected chi connectivity index (χ2v) is 10.7. The van der Waals surface area contributed by atoms with E-state index in [4.69, 9.17) is 23.2 Å². The second-order valence-electron chi connectivity index (χ2n) is 9.49. The van der Waals surface area contributed by atoms with Gasteiger partial charge in [-0.25, -0.2) is 0 Å². The minimum atomic E-state index is -1.33. The minimum Gasteiger partial charge on any atom is -0.324 e. The molecule has 37 heavy (non-hydrogen) atoms. The Hall–Kier alpha value is -3.75. The lowest BCUT2D eigenvalue weighted by molar-refractivity contribution is -0.384. The van der Waals surface area contributed by atoms with Gasteiger partial charge in [0.15, 0.2) is 0 Å². The molecule has 10 heteroatoms. The van der Waals surface area contributed by atoms with Gasteiger partial charge in [-0.3, -0.25) is 29.4 Å². The third-order valence-corrected chi connectivity index (χ3v) is 9.02. The van der Waals surface area contributed by atoms with Gasteiger partial charge >= 0.3 is 0 Å². The van der Waals surface area contributed by atoms with Crippen LogP contribution in [0.25, 0.3) is 0 Å². The van der Waals surface area contributed by atoms with Gasteiger partial charge in [-0.05, 0) is 41.3 Å². The average Bonchev–Trinajstić information content (AvgIpc) is 3.18. The Kier molecular flexibility index (Phi) is 5.03. The van der Waals surface area contributed by atoms with Gasteiger partial charge in [0.05, 0.1) is 16.8 Å². The molecule has 2 bridgehead atoms. The van der Waals surface area contributed by atoms with Gasteiger partial charge in [-0.15, -0.1) is 23.2 Å². The van der Waals surface area contributed by atoms with Gasteiger partial charge < -0.3 is 5.32 Å². The molecule has 0 saturated carbocycles. The number of nitrogens with zero attached hydrogens (tertiary/aromatic N) is 2. The summed E-state index contributed by atoms with van der Waals surface area (Å²) in [7, 11) is 0. The van der Waals surface area contributed by atoms with Crippen LogP contribution in [0.3, 0.4) is 0 Å². The lowest BCUT2D eigenvalue weighted by Gasteiger charge is -2.54. The first-order valence-electron chi connectivity index (χ1n) is 11.6. The molecule has 4 aliphatic rings. The quantitative estimate of drug-likeness (QED) is 0.228. The summed E-state index contributed by atoms with van der Waals surface area (Å²) in [6, 6.07) is 18.7. The maximum Gasteiger partial charge on any atom is 0.269 e. The molecule has 3 aromatic carbocycles. The van der Waals surface area contributed by atoms with E-state index in [9.17, 15) is 24.5 Å². The molecule has 3 aliphatic carbocycles. The van der Waals surface area contributed by atoms with E-state index in [1.807, 2.05) is 48.5 Å². The normalized spacial score (nSPS) is 27.8. The first-order chi connectivity index (χ1) is 17.6. The van der Waals surface area contributed by atoms with E-state index in [1.54, 1.807) is 0 Å². The molecule has 1 saturated heterocycles. The zero-order valence-corrected chi connectivity index (χ0v) is 20.9. The fourth-order valence-electron chi connectivity index (χ4n) is 6.10. The van der Waals surface area contributed by atoms with Crippen molar-refractivity contribution in [3.63, 3.8) is 0 Å². The zero-order chi connectivity index (χ0) is 26.3. The second kappa shape index (κ2) is 7.87. The van der Waals surface area contributed by atoms with Crippen molar-refractivity contribution in [2.24, 2.45) is 11.8 Å². The van der Waals surface area contributed by atoms with Crippen LogP contribution in [0.2, 0.25) is 0 Å². The van der Waals surface area contributed by atoms with E-state index in [-0.39, 0.29) is 5.69 Å². The molecule has 1 fully saturated rings. The van der Waals surface area contributed by atoms with Crippen molar-refractivity contribution >= 4 is 52.3 Å². The van der Waals surface area contributed by atoms with Crippen LogP contribution in [-0.2, 0) is 24.1 Å². The molecule has 1 aliphatic heterocycles. The van der Waals surface area contributed by atoms with Gasteiger partial charge in [0.25, 0.3) is 5.69 Å². The summed E-state index contributed by atoms with van der Waals surface area (Å²) in [6.07, 6.45) is 0. The predicted molar refractivity (Wildman–Crippen MR) is 136 cm³/mol. The number of nitrogens with one attached hydrogen (secondary N) is 1. The Morgan fingerprint density at radius 2 is 1.27 bits per heavy atom. The fourth-order valence-corrected chi connectivity index (χ4v) is 7.20. The summed E-state index contributed by atoms with van der Waals surface area (Å²) in [4.78, 5) is 49.7. The van der Waals surface area contributed by atoms with Crippen molar-refractivity contribution in [2.75, 3.05) is 5.32 Å². The number of anilines is 1. The molecule has 7 rings (SSSR count). The number of likely N-dealkylation sites (tertiary alicyclic amines) is 1. The largest absolute Gasteiger partial charge is 0.324 e. The highest BCUT2D eigenvalue weighted by molar-refractivity contribution is 6.36. The predicted octanol–water partition coefficient (Wildman–Crippen LogP) is 4.52. The topological polar surface area (TPSA) is 110 Å². The summed E-state index contributed by atoms with van der Waals surface area (Å²) in [5.74, 6) is -3.75. The van der Waals surface area contributed by atoms with Crippen LogP contribution in [0.1, 0.15) is 29.2 Å². The molecule has 0 radical (unpaired) electrons. The molecule has 3 atom stereocenters. The highest BCUT2D eigenvalue weighted by Crippen LogP contribution is 2.69.